The van der Waals surface area contributed by atoms with E-state index in [-0.39, 0.29) is 30.4 Å². The topological polar surface area (TPSA) is 74.2 Å². The molecule has 4 rings (SSSR count). The molecule has 7 nitrogen and oxygen atoms in total. The van der Waals surface area contributed by atoms with Crippen molar-refractivity contribution in [1.82, 2.24) is 15.1 Å². The van der Waals surface area contributed by atoms with E-state index in [1.165, 1.54) is 11.8 Å². The van der Waals surface area contributed by atoms with Crippen molar-refractivity contribution in [3.63, 3.8) is 0 Å². The van der Waals surface area contributed by atoms with Crippen LogP contribution in [0, 0.1) is 0 Å². The average Bonchev–Trinajstić information content (AvgIpc) is 3.41. The van der Waals surface area contributed by atoms with Crippen LogP contribution in [0.3, 0.4) is 0 Å². The third-order valence-electron chi connectivity index (χ3n) is 5.72. The molecular weight excluding hydrogens is 448 g/mol. The molecule has 0 spiro atoms. The summed E-state index contributed by atoms with van der Waals surface area (Å²) in [4.78, 5) is 34.1. The smallest absolute Gasteiger partial charge is 0.253 e. The summed E-state index contributed by atoms with van der Waals surface area (Å²) in [7, 11) is 3.46. The predicted octanol–water partition coefficient (Wildman–Crippen LogP) is 3.69. The summed E-state index contributed by atoms with van der Waals surface area (Å²) in [5, 5.41) is 6.32. The molecule has 1 fully saturated rings. The van der Waals surface area contributed by atoms with Gasteiger partial charge in [-0.25, -0.2) is 4.99 Å². The third kappa shape index (κ3) is 4.72. The van der Waals surface area contributed by atoms with Gasteiger partial charge in [-0.3, -0.25) is 9.59 Å². The van der Waals surface area contributed by atoms with Crippen molar-refractivity contribution in [2.45, 2.75) is 38.3 Å². The zero-order valence-electron chi connectivity index (χ0n) is 18.4. The Balaban J connectivity index is 1.61. The van der Waals surface area contributed by atoms with E-state index in [1.807, 2.05) is 41.5 Å². The van der Waals surface area contributed by atoms with Gasteiger partial charge in [0, 0.05) is 38.0 Å². The number of ether oxygens (including phenoxy) is 1. The van der Waals surface area contributed by atoms with E-state index in [0.717, 1.165) is 35.9 Å². The molecule has 32 heavy (non-hydrogen) atoms. The van der Waals surface area contributed by atoms with Crippen LogP contribution in [0.1, 0.15) is 37.8 Å². The van der Waals surface area contributed by atoms with Gasteiger partial charge in [0.05, 0.1) is 29.8 Å². The Morgan fingerprint density at radius 3 is 2.72 bits per heavy atom. The van der Waals surface area contributed by atoms with Gasteiger partial charge in [-0.05, 0) is 42.9 Å². The van der Waals surface area contributed by atoms with Gasteiger partial charge in [0.15, 0.2) is 5.17 Å². The Morgan fingerprint density at radius 2 is 2.06 bits per heavy atom. The predicted molar refractivity (Wildman–Crippen MR) is 127 cm³/mol. The Hall–Kier alpha value is -2.29. The number of allylic oxidation sites excluding steroid dienone is 1. The minimum Gasteiger partial charge on any atom is -0.376 e. The summed E-state index contributed by atoms with van der Waals surface area (Å²) in [6, 6.07) is 7.09. The number of rotatable bonds is 6. The monoisotopic (exact) mass is 474 g/mol. The maximum atomic E-state index is 13.2. The van der Waals surface area contributed by atoms with Gasteiger partial charge in [-0.2, -0.15) is 0 Å². The van der Waals surface area contributed by atoms with Crippen LogP contribution in [-0.2, 0) is 14.3 Å². The van der Waals surface area contributed by atoms with Gasteiger partial charge >= 0.3 is 0 Å². The minimum atomic E-state index is -0.387. The zero-order valence-corrected chi connectivity index (χ0v) is 20.0. The van der Waals surface area contributed by atoms with E-state index in [9.17, 15) is 9.59 Å². The number of nitrogens with one attached hydrogen (secondary N) is 1. The van der Waals surface area contributed by atoms with Crippen molar-refractivity contribution in [3.05, 3.63) is 57.2 Å². The first-order valence-corrected chi connectivity index (χ1v) is 11.9. The van der Waals surface area contributed by atoms with Crippen LogP contribution in [-0.4, -0.2) is 60.1 Å². The fourth-order valence-corrected chi connectivity index (χ4v) is 5.19. The normalized spacial score (nSPS) is 22.4. The fraction of sp³-hybridized carbons (Fsp3) is 0.435. The van der Waals surface area contributed by atoms with E-state index in [2.05, 4.69) is 5.32 Å². The highest BCUT2D eigenvalue weighted by molar-refractivity contribution is 8.16. The van der Waals surface area contributed by atoms with Gasteiger partial charge in [-0.1, -0.05) is 35.5 Å². The van der Waals surface area contributed by atoms with Crippen LogP contribution in [0.2, 0.25) is 5.02 Å². The molecule has 0 unspecified atom stereocenters. The lowest BCUT2D eigenvalue weighted by Crippen LogP contribution is -2.40. The lowest BCUT2D eigenvalue weighted by molar-refractivity contribution is -0.125. The van der Waals surface area contributed by atoms with Gasteiger partial charge < -0.3 is 19.9 Å². The molecule has 3 heterocycles. The number of carbonyl (C=O) groups excluding carboxylic acids is 2. The summed E-state index contributed by atoms with van der Waals surface area (Å²) >= 11 is 7.59. The van der Waals surface area contributed by atoms with E-state index in [1.54, 1.807) is 19.0 Å². The Morgan fingerprint density at radius 1 is 1.31 bits per heavy atom. The van der Waals surface area contributed by atoms with Crippen LogP contribution in [0.15, 0.2) is 51.6 Å². The van der Waals surface area contributed by atoms with Gasteiger partial charge in [0.1, 0.15) is 0 Å². The second-order valence-electron chi connectivity index (χ2n) is 8.26. The molecule has 0 saturated carbocycles. The molecule has 3 aliphatic heterocycles. The Labute approximate surface area is 197 Å². The molecule has 170 valence electrons. The SMILES string of the molecule is CC1=C(C(=O)N(C)C)[C@H](c2ccc(Cl)cc2)N2C(CC(=O)NC[C@@H]3CCCO3)=CSC2=N1. The molecule has 2 amide bonds. The van der Waals surface area contributed by atoms with Crippen molar-refractivity contribution in [3.8, 4) is 0 Å². The van der Waals surface area contributed by atoms with Gasteiger partial charge in [-0.15, -0.1) is 0 Å². The van der Waals surface area contributed by atoms with Crippen LogP contribution in [0.4, 0.5) is 0 Å². The molecule has 0 aliphatic carbocycles. The van der Waals surface area contributed by atoms with Crippen LogP contribution in [0.25, 0.3) is 0 Å². The number of hydrogen-bond donors (Lipinski definition) is 1. The largest absolute Gasteiger partial charge is 0.376 e. The first kappa shape index (κ1) is 22.9. The summed E-state index contributed by atoms with van der Waals surface area (Å²) in [6.07, 6.45) is 2.30. The number of aliphatic imine (C=N–C) groups is 1. The number of nitrogens with zero attached hydrogens (tertiary/aromatic N) is 3. The summed E-state index contributed by atoms with van der Waals surface area (Å²) in [5.74, 6) is -0.181. The zero-order chi connectivity index (χ0) is 22.8. The van der Waals surface area contributed by atoms with E-state index >= 15 is 0 Å². The number of likely N-dealkylation sites (N-methyl/N-ethyl adjacent to an activating group) is 1. The van der Waals surface area contributed by atoms with Crippen molar-refractivity contribution in [2.24, 2.45) is 4.99 Å². The second-order valence-corrected chi connectivity index (χ2v) is 9.53. The number of benzene rings is 1. The van der Waals surface area contributed by atoms with Crippen molar-refractivity contribution in [2.75, 3.05) is 27.2 Å². The molecule has 0 radical (unpaired) electrons. The maximum absolute atomic E-state index is 13.2. The quantitative estimate of drug-likeness (QED) is 0.680. The highest BCUT2D eigenvalue weighted by Crippen LogP contribution is 2.45. The van der Waals surface area contributed by atoms with Gasteiger partial charge in [0.2, 0.25) is 5.91 Å². The Bertz CT molecular complexity index is 997. The summed E-state index contributed by atoms with van der Waals surface area (Å²) in [6.45, 7) is 3.13. The van der Waals surface area contributed by atoms with Crippen molar-refractivity contribution < 1.29 is 14.3 Å². The van der Waals surface area contributed by atoms with Crippen LogP contribution >= 0.6 is 23.4 Å². The minimum absolute atomic E-state index is 0.0739. The van der Waals surface area contributed by atoms with E-state index in [4.69, 9.17) is 21.3 Å². The van der Waals surface area contributed by atoms with E-state index in [0.29, 0.717) is 22.8 Å². The van der Waals surface area contributed by atoms with Gasteiger partial charge in [0.25, 0.3) is 5.91 Å². The van der Waals surface area contributed by atoms with Crippen molar-refractivity contribution in [1.29, 1.82) is 0 Å². The number of halogens is 1. The standard InChI is InChI=1S/C23H27ClN4O3S/c1-14-20(22(30)27(2)3)21(15-6-8-16(24)9-7-15)28-17(13-32-23(28)26-14)11-19(29)25-12-18-5-4-10-31-18/h6-9,13,18,21H,4-5,10-12H2,1-3H3,(H,25,29)/t18-,21-/m0/s1. The molecule has 1 N–H and O–H groups in total. The lowest BCUT2D eigenvalue weighted by Gasteiger charge is -2.37. The van der Waals surface area contributed by atoms with E-state index < -0.39 is 0 Å². The first-order chi connectivity index (χ1) is 15.3. The number of carbonyl (C=O) groups is 2. The number of amides is 2. The number of fused-ring (bicyclic) bond motifs is 1. The Kier molecular flexibility index (Phi) is 6.93. The molecule has 1 aromatic rings. The number of amidine groups is 1. The number of hydrogen-bond acceptors (Lipinski definition) is 6. The molecular formula is C23H27ClN4O3S. The lowest BCUT2D eigenvalue weighted by atomic mass is 9.93. The molecule has 2 atom stereocenters. The third-order valence-corrected chi connectivity index (χ3v) is 6.86. The highest BCUT2D eigenvalue weighted by atomic mass is 35.5. The fourth-order valence-electron chi connectivity index (χ4n) is 4.10. The molecule has 0 aromatic heterocycles. The highest BCUT2D eigenvalue weighted by Gasteiger charge is 2.40. The molecule has 1 saturated heterocycles. The maximum Gasteiger partial charge on any atom is 0.253 e. The van der Waals surface area contributed by atoms with Crippen LogP contribution < -0.4 is 5.32 Å². The average molecular weight is 475 g/mol. The number of thioether (sulfide) groups is 1. The second kappa shape index (κ2) is 9.68. The summed E-state index contributed by atoms with van der Waals surface area (Å²) < 4.78 is 5.60. The van der Waals surface area contributed by atoms with Crippen LogP contribution in [0.5, 0.6) is 0 Å². The molecule has 3 aliphatic rings. The molecule has 1 aromatic carbocycles. The van der Waals surface area contributed by atoms with Crippen molar-refractivity contribution >= 4 is 40.3 Å². The molecule has 9 heteroatoms. The first-order valence-electron chi connectivity index (χ1n) is 10.6. The molecule has 0 bridgehead atoms. The summed E-state index contributed by atoms with van der Waals surface area (Å²) in [5.41, 5.74) is 3.00.